The Balaban J connectivity index is 1.53. The van der Waals surface area contributed by atoms with Crippen molar-refractivity contribution in [3.8, 4) is 0 Å². The van der Waals surface area contributed by atoms with Crippen molar-refractivity contribution in [3.63, 3.8) is 0 Å². The summed E-state index contributed by atoms with van der Waals surface area (Å²) in [6, 6.07) is 14.3. The summed E-state index contributed by atoms with van der Waals surface area (Å²) in [6.07, 6.45) is 4.36. The zero-order valence-electron chi connectivity index (χ0n) is 15.5. The molecule has 0 spiro atoms. The third-order valence-corrected chi connectivity index (χ3v) is 4.90. The molecule has 0 radical (unpaired) electrons. The van der Waals surface area contributed by atoms with Crippen molar-refractivity contribution in [1.82, 2.24) is 10.2 Å². The summed E-state index contributed by atoms with van der Waals surface area (Å²) in [6.45, 7) is 5.19. The van der Waals surface area contributed by atoms with E-state index in [0.29, 0.717) is 12.3 Å². The van der Waals surface area contributed by atoms with Crippen LogP contribution in [0.5, 0.6) is 0 Å². The highest BCUT2D eigenvalue weighted by Gasteiger charge is 2.22. The van der Waals surface area contributed by atoms with E-state index in [0.717, 1.165) is 37.9 Å². The topological polar surface area (TPSA) is 61.0 Å². The second-order valence-electron chi connectivity index (χ2n) is 6.85. The van der Waals surface area contributed by atoms with Crippen molar-refractivity contribution in [3.05, 3.63) is 60.1 Å². The van der Waals surface area contributed by atoms with Crippen LogP contribution < -0.4 is 5.32 Å². The van der Waals surface area contributed by atoms with Crippen LogP contribution >= 0.6 is 0 Å². The van der Waals surface area contributed by atoms with Crippen LogP contribution in [0.1, 0.15) is 37.2 Å². The zero-order valence-corrected chi connectivity index (χ0v) is 15.5. The van der Waals surface area contributed by atoms with Crippen LogP contribution in [0.2, 0.25) is 0 Å². The molecular weight excluding hydrogens is 326 g/mol. The summed E-state index contributed by atoms with van der Waals surface area (Å²) >= 11 is 0. The van der Waals surface area contributed by atoms with Crippen molar-refractivity contribution in [1.29, 1.82) is 0 Å². The van der Waals surface area contributed by atoms with E-state index < -0.39 is 6.10 Å². The van der Waals surface area contributed by atoms with Crippen molar-refractivity contribution >= 4 is 5.96 Å². The van der Waals surface area contributed by atoms with Gasteiger partial charge >= 0.3 is 0 Å². The average Bonchev–Trinajstić information content (AvgIpc) is 3.21. The Morgan fingerprint density at radius 2 is 2.00 bits per heavy atom. The van der Waals surface area contributed by atoms with Crippen molar-refractivity contribution < 1.29 is 9.52 Å². The predicted octanol–water partition coefficient (Wildman–Crippen LogP) is 3.23. The Kier molecular flexibility index (Phi) is 6.72. The van der Waals surface area contributed by atoms with E-state index in [2.05, 4.69) is 52.5 Å². The lowest BCUT2D eigenvalue weighted by Gasteiger charge is -2.34. The number of aliphatic hydroxyl groups excluding tert-OH is 1. The number of likely N-dealkylation sites (tertiary alicyclic amines) is 1. The Labute approximate surface area is 155 Å². The molecule has 0 amide bonds. The van der Waals surface area contributed by atoms with Crippen molar-refractivity contribution in [2.24, 2.45) is 10.9 Å². The molecule has 1 aliphatic rings. The summed E-state index contributed by atoms with van der Waals surface area (Å²) in [7, 11) is 0. The summed E-state index contributed by atoms with van der Waals surface area (Å²) in [4.78, 5) is 6.93. The maximum Gasteiger partial charge on any atom is 0.194 e. The molecule has 1 unspecified atom stereocenters. The highest BCUT2D eigenvalue weighted by atomic mass is 16.4. The second kappa shape index (κ2) is 9.43. The minimum atomic E-state index is -0.700. The quantitative estimate of drug-likeness (QED) is 0.617. The molecular formula is C21H29N3O2. The average molecular weight is 355 g/mol. The molecule has 1 saturated heterocycles. The highest BCUT2D eigenvalue weighted by Crippen LogP contribution is 2.22. The second-order valence-corrected chi connectivity index (χ2v) is 6.85. The molecule has 0 aliphatic carbocycles. The van der Waals surface area contributed by atoms with Gasteiger partial charge in [0.25, 0.3) is 0 Å². The lowest BCUT2D eigenvalue weighted by molar-refractivity contribution is 0.157. The van der Waals surface area contributed by atoms with E-state index in [9.17, 15) is 5.11 Å². The van der Waals surface area contributed by atoms with Crippen LogP contribution in [-0.2, 0) is 6.42 Å². The smallest absolute Gasteiger partial charge is 0.194 e. The fraction of sp³-hybridized carbons (Fsp3) is 0.476. The molecule has 2 N–H and O–H groups in total. The largest absolute Gasteiger partial charge is 0.467 e. The van der Waals surface area contributed by atoms with Gasteiger partial charge in [0, 0.05) is 19.6 Å². The SMILES string of the molecule is CCNC(=NCC(O)c1ccco1)N1CCC(Cc2ccccc2)CC1. The normalized spacial score (nSPS) is 17.3. The maximum atomic E-state index is 10.2. The highest BCUT2D eigenvalue weighted by molar-refractivity contribution is 5.80. The summed E-state index contributed by atoms with van der Waals surface area (Å²) in [5.74, 6) is 2.17. The van der Waals surface area contributed by atoms with Crippen LogP contribution in [0.15, 0.2) is 58.1 Å². The first kappa shape index (κ1) is 18.5. The van der Waals surface area contributed by atoms with E-state index in [1.165, 1.54) is 18.4 Å². The number of nitrogens with one attached hydrogen (secondary N) is 1. The van der Waals surface area contributed by atoms with Gasteiger partial charge in [0.15, 0.2) is 5.96 Å². The number of furan rings is 1. The lowest BCUT2D eigenvalue weighted by atomic mass is 9.90. The number of benzene rings is 1. The van der Waals surface area contributed by atoms with Crippen molar-refractivity contribution in [2.45, 2.75) is 32.3 Å². The molecule has 5 nitrogen and oxygen atoms in total. The molecule has 1 aromatic carbocycles. The first-order valence-electron chi connectivity index (χ1n) is 9.55. The molecule has 1 aromatic heterocycles. The van der Waals surface area contributed by atoms with E-state index in [1.54, 1.807) is 18.4 Å². The number of aliphatic imine (C=N–C) groups is 1. The number of hydrogen-bond acceptors (Lipinski definition) is 3. The fourth-order valence-electron chi connectivity index (χ4n) is 3.47. The van der Waals surface area contributed by atoms with Crippen LogP contribution in [0, 0.1) is 5.92 Å². The zero-order chi connectivity index (χ0) is 18.2. The first-order chi connectivity index (χ1) is 12.8. The lowest BCUT2D eigenvalue weighted by Crippen LogP contribution is -2.46. The number of guanidine groups is 1. The van der Waals surface area contributed by atoms with E-state index in [4.69, 9.17) is 4.42 Å². The number of nitrogens with zero attached hydrogens (tertiary/aromatic N) is 2. The van der Waals surface area contributed by atoms with Crippen LogP contribution in [0.25, 0.3) is 0 Å². The number of piperidine rings is 1. The van der Waals surface area contributed by atoms with Gasteiger partial charge in [0.05, 0.1) is 12.8 Å². The molecule has 1 atom stereocenters. The standard InChI is InChI=1S/C21H29N3O2/c1-2-22-21(23-16-19(25)20-9-6-14-26-20)24-12-10-18(11-13-24)15-17-7-4-3-5-8-17/h3-9,14,18-19,25H,2,10-13,15-16H2,1H3,(H,22,23). The molecule has 2 aromatic rings. The number of rotatable bonds is 6. The van der Waals surface area contributed by atoms with Gasteiger partial charge in [0.1, 0.15) is 11.9 Å². The van der Waals surface area contributed by atoms with Gasteiger partial charge in [-0.05, 0) is 49.8 Å². The van der Waals surface area contributed by atoms with Crippen molar-refractivity contribution in [2.75, 3.05) is 26.2 Å². The van der Waals surface area contributed by atoms with E-state index in [1.807, 2.05) is 0 Å². The fourth-order valence-corrected chi connectivity index (χ4v) is 3.47. The third-order valence-electron chi connectivity index (χ3n) is 4.90. The number of hydrogen-bond donors (Lipinski definition) is 2. The Hall–Kier alpha value is -2.27. The Bertz CT molecular complexity index is 662. The monoisotopic (exact) mass is 355 g/mol. The van der Waals surface area contributed by atoms with Gasteiger partial charge in [-0.3, -0.25) is 0 Å². The van der Waals surface area contributed by atoms with Gasteiger partial charge in [-0.2, -0.15) is 0 Å². The Morgan fingerprint density at radius 1 is 1.23 bits per heavy atom. The van der Waals surface area contributed by atoms with Gasteiger partial charge in [-0.25, -0.2) is 4.99 Å². The molecule has 3 rings (SSSR count). The maximum absolute atomic E-state index is 10.2. The molecule has 26 heavy (non-hydrogen) atoms. The molecule has 140 valence electrons. The van der Waals surface area contributed by atoms with Crippen LogP contribution in [0.4, 0.5) is 0 Å². The molecule has 2 heterocycles. The summed E-state index contributed by atoms with van der Waals surface area (Å²) < 4.78 is 5.25. The van der Waals surface area contributed by atoms with Gasteiger partial charge in [-0.15, -0.1) is 0 Å². The molecule has 0 saturated carbocycles. The summed E-state index contributed by atoms with van der Waals surface area (Å²) in [5, 5.41) is 13.5. The van der Waals surface area contributed by atoms with Crippen LogP contribution in [-0.4, -0.2) is 42.1 Å². The number of aliphatic hydroxyl groups is 1. The minimum Gasteiger partial charge on any atom is -0.467 e. The van der Waals surface area contributed by atoms with Gasteiger partial charge in [0.2, 0.25) is 0 Å². The van der Waals surface area contributed by atoms with Crippen LogP contribution in [0.3, 0.4) is 0 Å². The van der Waals surface area contributed by atoms with Gasteiger partial charge < -0.3 is 19.7 Å². The molecule has 0 bridgehead atoms. The molecule has 5 heteroatoms. The minimum absolute atomic E-state index is 0.305. The Morgan fingerprint density at radius 3 is 2.65 bits per heavy atom. The predicted molar refractivity (Wildman–Crippen MR) is 104 cm³/mol. The summed E-state index contributed by atoms with van der Waals surface area (Å²) in [5.41, 5.74) is 1.42. The van der Waals surface area contributed by atoms with E-state index >= 15 is 0 Å². The molecule has 1 aliphatic heterocycles. The first-order valence-corrected chi connectivity index (χ1v) is 9.55. The molecule has 1 fully saturated rings. The third kappa shape index (κ3) is 5.11. The van der Waals surface area contributed by atoms with E-state index in [-0.39, 0.29) is 0 Å². The van der Waals surface area contributed by atoms with Gasteiger partial charge in [-0.1, -0.05) is 30.3 Å².